The van der Waals surface area contributed by atoms with Crippen molar-refractivity contribution in [2.45, 2.75) is 18.9 Å². The molecule has 0 aromatic heterocycles. The molecule has 1 unspecified atom stereocenters. The molecule has 2 aromatic carbocycles. The first-order valence-corrected chi connectivity index (χ1v) is 6.50. The van der Waals surface area contributed by atoms with Crippen molar-refractivity contribution in [1.82, 2.24) is 0 Å². The molecule has 1 aliphatic heterocycles. The number of carbonyl (C=O) groups excluding carboxylic acids is 1. The van der Waals surface area contributed by atoms with Crippen molar-refractivity contribution in [2.75, 3.05) is 5.32 Å². The standard InChI is InChI=1S/C16H14FNO2/c17-12-8-11-6-7-14(19)18-15(11)13(9-12)16(20)10-4-2-1-3-5-10/h1-5,8-9,16,20H,6-7H2,(H,18,19). The maximum absolute atomic E-state index is 13.7. The van der Waals surface area contributed by atoms with E-state index in [0.29, 0.717) is 29.7 Å². The van der Waals surface area contributed by atoms with Crippen LogP contribution in [0.3, 0.4) is 0 Å². The molecule has 3 nitrogen and oxygen atoms in total. The van der Waals surface area contributed by atoms with Crippen LogP contribution in [0.25, 0.3) is 0 Å². The van der Waals surface area contributed by atoms with E-state index in [2.05, 4.69) is 5.32 Å². The summed E-state index contributed by atoms with van der Waals surface area (Å²) in [4.78, 5) is 11.5. The minimum absolute atomic E-state index is 0.106. The van der Waals surface area contributed by atoms with Gasteiger partial charge in [-0.3, -0.25) is 4.79 Å². The Bertz CT molecular complexity index is 655. The second-order valence-corrected chi connectivity index (χ2v) is 4.89. The summed E-state index contributed by atoms with van der Waals surface area (Å²) in [6, 6.07) is 11.7. The van der Waals surface area contributed by atoms with Gasteiger partial charge in [-0.15, -0.1) is 0 Å². The molecule has 102 valence electrons. The fourth-order valence-electron chi connectivity index (χ4n) is 2.52. The first kappa shape index (κ1) is 12.8. The van der Waals surface area contributed by atoms with Crippen LogP contribution < -0.4 is 5.32 Å². The lowest BCUT2D eigenvalue weighted by molar-refractivity contribution is -0.116. The quantitative estimate of drug-likeness (QED) is 0.882. The predicted octanol–water partition coefficient (Wildman–Crippen LogP) is 2.79. The Morgan fingerprint density at radius 3 is 2.65 bits per heavy atom. The summed E-state index contributed by atoms with van der Waals surface area (Å²) in [7, 11) is 0. The molecular formula is C16H14FNO2. The molecule has 0 radical (unpaired) electrons. The Balaban J connectivity index is 2.09. The smallest absolute Gasteiger partial charge is 0.224 e. The van der Waals surface area contributed by atoms with Gasteiger partial charge in [0.15, 0.2) is 0 Å². The molecule has 0 saturated carbocycles. The highest BCUT2D eigenvalue weighted by molar-refractivity contribution is 5.95. The summed E-state index contributed by atoms with van der Waals surface area (Å²) >= 11 is 0. The van der Waals surface area contributed by atoms with Crippen LogP contribution in [0.15, 0.2) is 42.5 Å². The molecule has 0 saturated heterocycles. The van der Waals surface area contributed by atoms with Crippen molar-refractivity contribution in [1.29, 1.82) is 0 Å². The minimum atomic E-state index is -0.959. The second kappa shape index (κ2) is 5.06. The van der Waals surface area contributed by atoms with Crippen LogP contribution in [0.4, 0.5) is 10.1 Å². The summed E-state index contributed by atoms with van der Waals surface area (Å²) < 4.78 is 13.7. The molecule has 1 amide bonds. The largest absolute Gasteiger partial charge is 0.384 e. The molecule has 0 spiro atoms. The number of hydrogen-bond acceptors (Lipinski definition) is 2. The van der Waals surface area contributed by atoms with Crippen LogP contribution >= 0.6 is 0 Å². The van der Waals surface area contributed by atoms with Crippen molar-refractivity contribution in [3.8, 4) is 0 Å². The maximum atomic E-state index is 13.7. The van der Waals surface area contributed by atoms with Gasteiger partial charge in [0.2, 0.25) is 5.91 Å². The Morgan fingerprint density at radius 1 is 1.15 bits per heavy atom. The normalized spacial score (nSPS) is 15.4. The molecule has 4 heteroatoms. The third kappa shape index (κ3) is 2.30. The highest BCUT2D eigenvalue weighted by atomic mass is 19.1. The van der Waals surface area contributed by atoms with Gasteiger partial charge in [0.1, 0.15) is 11.9 Å². The fraction of sp³-hybridized carbons (Fsp3) is 0.188. The average Bonchev–Trinajstić information content (AvgIpc) is 2.47. The number of aryl methyl sites for hydroxylation is 1. The van der Waals surface area contributed by atoms with E-state index in [1.807, 2.05) is 18.2 Å². The lowest BCUT2D eigenvalue weighted by atomic mass is 9.93. The molecule has 2 N–H and O–H groups in total. The predicted molar refractivity (Wildman–Crippen MR) is 73.9 cm³/mol. The summed E-state index contributed by atoms with van der Waals surface area (Å²) in [6.07, 6.45) is -0.121. The Kier molecular flexibility index (Phi) is 3.24. The number of aliphatic hydroxyl groups is 1. The van der Waals surface area contributed by atoms with E-state index in [0.717, 1.165) is 5.56 Å². The molecule has 1 aliphatic rings. The van der Waals surface area contributed by atoms with Gasteiger partial charge in [-0.1, -0.05) is 30.3 Å². The van der Waals surface area contributed by atoms with Gasteiger partial charge < -0.3 is 10.4 Å². The number of fused-ring (bicyclic) bond motifs is 1. The van der Waals surface area contributed by atoms with E-state index in [1.54, 1.807) is 12.1 Å². The summed E-state index contributed by atoms with van der Waals surface area (Å²) in [5.41, 5.74) is 2.34. The van der Waals surface area contributed by atoms with E-state index in [1.165, 1.54) is 12.1 Å². The number of aliphatic hydroxyl groups excluding tert-OH is 1. The number of carbonyl (C=O) groups is 1. The van der Waals surface area contributed by atoms with E-state index < -0.39 is 11.9 Å². The van der Waals surface area contributed by atoms with Gasteiger partial charge in [0.25, 0.3) is 0 Å². The molecule has 1 atom stereocenters. The van der Waals surface area contributed by atoms with Gasteiger partial charge >= 0.3 is 0 Å². The van der Waals surface area contributed by atoms with Crippen molar-refractivity contribution in [3.05, 3.63) is 65.0 Å². The molecule has 2 aromatic rings. The monoisotopic (exact) mass is 271 g/mol. The minimum Gasteiger partial charge on any atom is -0.384 e. The van der Waals surface area contributed by atoms with E-state index in [4.69, 9.17) is 0 Å². The lowest BCUT2D eigenvalue weighted by Crippen LogP contribution is -2.21. The highest BCUT2D eigenvalue weighted by Gasteiger charge is 2.23. The van der Waals surface area contributed by atoms with Crippen LogP contribution in [0, 0.1) is 5.82 Å². The third-order valence-electron chi connectivity index (χ3n) is 3.51. The number of halogens is 1. The molecule has 0 bridgehead atoms. The van der Waals surface area contributed by atoms with Crippen LogP contribution in [0.5, 0.6) is 0 Å². The fourth-order valence-corrected chi connectivity index (χ4v) is 2.52. The topological polar surface area (TPSA) is 49.3 Å². The lowest BCUT2D eigenvalue weighted by Gasteiger charge is -2.23. The first-order chi connectivity index (χ1) is 9.65. The van der Waals surface area contributed by atoms with Crippen molar-refractivity contribution in [2.24, 2.45) is 0 Å². The van der Waals surface area contributed by atoms with Crippen molar-refractivity contribution >= 4 is 11.6 Å². The second-order valence-electron chi connectivity index (χ2n) is 4.89. The van der Waals surface area contributed by atoms with E-state index in [9.17, 15) is 14.3 Å². The summed E-state index contributed by atoms with van der Waals surface area (Å²) in [6.45, 7) is 0. The van der Waals surface area contributed by atoms with Gasteiger partial charge in [-0.2, -0.15) is 0 Å². The zero-order chi connectivity index (χ0) is 14.1. The molecule has 20 heavy (non-hydrogen) atoms. The van der Waals surface area contributed by atoms with Gasteiger partial charge in [0, 0.05) is 12.0 Å². The van der Waals surface area contributed by atoms with Crippen LogP contribution in [-0.4, -0.2) is 11.0 Å². The number of anilines is 1. The first-order valence-electron chi connectivity index (χ1n) is 6.50. The van der Waals surface area contributed by atoms with Gasteiger partial charge in [-0.25, -0.2) is 4.39 Å². The van der Waals surface area contributed by atoms with E-state index in [-0.39, 0.29) is 5.91 Å². The number of amides is 1. The van der Waals surface area contributed by atoms with Crippen molar-refractivity contribution < 1.29 is 14.3 Å². The third-order valence-corrected chi connectivity index (χ3v) is 3.51. The van der Waals surface area contributed by atoms with Gasteiger partial charge in [0.05, 0.1) is 5.69 Å². The number of benzene rings is 2. The van der Waals surface area contributed by atoms with E-state index >= 15 is 0 Å². The number of hydrogen-bond donors (Lipinski definition) is 2. The van der Waals surface area contributed by atoms with Crippen LogP contribution in [0.1, 0.15) is 29.2 Å². The summed E-state index contributed by atoms with van der Waals surface area (Å²) in [5.74, 6) is -0.504. The highest BCUT2D eigenvalue weighted by Crippen LogP contribution is 2.34. The Labute approximate surface area is 116 Å². The SMILES string of the molecule is O=C1CCc2cc(F)cc(C(O)c3ccccc3)c2N1. The number of rotatable bonds is 2. The molecule has 1 heterocycles. The zero-order valence-electron chi connectivity index (χ0n) is 10.8. The van der Waals surface area contributed by atoms with Crippen molar-refractivity contribution in [3.63, 3.8) is 0 Å². The molecule has 0 fully saturated rings. The maximum Gasteiger partial charge on any atom is 0.224 e. The Hall–Kier alpha value is -2.20. The zero-order valence-corrected chi connectivity index (χ0v) is 10.8. The molecule has 0 aliphatic carbocycles. The molecular weight excluding hydrogens is 257 g/mol. The Morgan fingerprint density at radius 2 is 1.90 bits per heavy atom. The van der Waals surface area contributed by atoms with Gasteiger partial charge in [-0.05, 0) is 29.7 Å². The average molecular weight is 271 g/mol. The van der Waals surface area contributed by atoms with Crippen LogP contribution in [-0.2, 0) is 11.2 Å². The van der Waals surface area contributed by atoms with Crippen LogP contribution in [0.2, 0.25) is 0 Å². The summed E-state index contributed by atoms with van der Waals surface area (Å²) in [5, 5.41) is 13.2. The molecule has 3 rings (SSSR count). The number of nitrogens with one attached hydrogen (secondary N) is 1.